The molecular formula is C16H24N2O2S. The maximum Gasteiger partial charge on any atom is 0.340 e. The number of anilines is 2. The van der Waals surface area contributed by atoms with Gasteiger partial charge in [0.15, 0.2) is 0 Å². The van der Waals surface area contributed by atoms with Crippen LogP contribution in [0.1, 0.15) is 43.0 Å². The lowest BCUT2D eigenvalue weighted by Gasteiger charge is -2.30. The van der Waals surface area contributed by atoms with Crippen LogP contribution in [0.2, 0.25) is 0 Å². The van der Waals surface area contributed by atoms with Crippen LogP contribution in [0, 0.1) is 0 Å². The fraction of sp³-hybridized carbons (Fsp3) is 0.562. The third kappa shape index (κ3) is 4.06. The van der Waals surface area contributed by atoms with Crippen LogP contribution in [0.25, 0.3) is 0 Å². The molecule has 0 heterocycles. The molecule has 0 aromatic heterocycles. The second-order valence-corrected chi connectivity index (χ2v) is 6.49. The zero-order chi connectivity index (χ0) is 15.2. The molecule has 1 aliphatic rings. The Hall–Kier alpha value is -1.36. The first-order valence-electron chi connectivity index (χ1n) is 7.50. The summed E-state index contributed by atoms with van der Waals surface area (Å²) in [7, 11) is 0. The zero-order valence-electron chi connectivity index (χ0n) is 12.7. The van der Waals surface area contributed by atoms with E-state index in [1.54, 1.807) is 12.1 Å². The SMILES string of the molecule is CCOC(=O)c1cccc(N)c1NC1CCCC(SC)C1. The van der Waals surface area contributed by atoms with E-state index in [2.05, 4.69) is 11.6 Å². The Balaban J connectivity index is 2.16. The minimum atomic E-state index is -0.315. The predicted molar refractivity (Wildman–Crippen MR) is 90.0 cm³/mol. The van der Waals surface area contributed by atoms with E-state index in [1.807, 2.05) is 24.8 Å². The Bertz CT molecular complexity index is 493. The molecule has 4 nitrogen and oxygen atoms in total. The van der Waals surface area contributed by atoms with Crippen molar-refractivity contribution in [2.45, 2.75) is 43.9 Å². The molecule has 116 valence electrons. The Morgan fingerprint density at radius 3 is 3.00 bits per heavy atom. The number of nitrogens with one attached hydrogen (secondary N) is 1. The van der Waals surface area contributed by atoms with Crippen molar-refractivity contribution in [1.29, 1.82) is 0 Å². The van der Waals surface area contributed by atoms with Gasteiger partial charge in [-0.2, -0.15) is 11.8 Å². The van der Waals surface area contributed by atoms with Crippen LogP contribution in [0.15, 0.2) is 18.2 Å². The lowest BCUT2D eigenvalue weighted by atomic mass is 9.94. The lowest BCUT2D eigenvalue weighted by molar-refractivity contribution is 0.0527. The maximum atomic E-state index is 12.1. The second-order valence-electron chi connectivity index (χ2n) is 5.36. The molecule has 0 spiro atoms. The van der Waals surface area contributed by atoms with Gasteiger partial charge in [-0.25, -0.2) is 4.79 Å². The van der Waals surface area contributed by atoms with E-state index in [0.717, 1.165) is 18.5 Å². The third-order valence-corrected chi connectivity index (χ3v) is 4.99. The zero-order valence-corrected chi connectivity index (χ0v) is 13.5. The van der Waals surface area contributed by atoms with Crippen LogP contribution in [-0.4, -0.2) is 30.1 Å². The quantitative estimate of drug-likeness (QED) is 0.643. The van der Waals surface area contributed by atoms with Gasteiger partial charge in [0.1, 0.15) is 0 Å². The third-order valence-electron chi connectivity index (χ3n) is 3.90. The van der Waals surface area contributed by atoms with Gasteiger partial charge in [0.2, 0.25) is 0 Å². The van der Waals surface area contributed by atoms with Gasteiger partial charge in [0.05, 0.1) is 23.5 Å². The average Bonchev–Trinajstić information content (AvgIpc) is 2.49. The molecule has 21 heavy (non-hydrogen) atoms. The monoisotopic (exact) mass is 308 g/mol. The van der Waals surface area contributed by atoms with Crippen LogP contribution in [-0.2, 0) is 4.74 Å². The minimum Gasteiger partial charge on any atom is -0.462 e. The molecule has 5 heteroatoms. The van der Waals surface area contributed by atoms with Crippen molar-refractivity contribution in [2.24, 2.45) is 0 Å². The molecule has 0 amide bonds. The maximum absolute atomic E-state index is 12.1. The number of hydrogen-bond donors (Lipinski definition) is 2. The van der Waals surface area contributed by atoms with E-state index < -0.39 is 0 Å². The van der Waals surface area contributed by atoms with E-state index in [0.29, 0.717) is 29.1 Å². The van der Waals surface area contributed by atoms with E-state index in [4.69, 9.17) is 10.5 Å². The Labute approximate surface area is 130 Å². The summed E-state index contributed by atoms with van der Waals surface area (Å²) in [6, 6.07) is 5.75. The number of carbonyl (C=O) groups is 1. The van der Waals surface area contributed by atoms with Crippen LogP contribution in [0.5, 0.6) is 0 Å². The molecule has 2 unspecified atom stereocenters. The van der Waals surface area contributed by atoms with Crippen LogP contribution in [0.3, 0.4) is 0 Å². The summed E-state index contributed by atoms with van der Waals surface area (Å²) >= 11 is 1.92. The number of ether oxygens (including phenoxy) is 1. The molecule has 1 fully saturated rings. The standard InChI is InChI=1S/C16H24N2O2S/c1-3-20-16(19)13-8-5-9-14(17)15(13)18-11-6-4-7-12(10-11)21-2/h5,8-9,11-12,18H,3-4,6-7,10,17H2,1-2H3. The topological polar surface area (TPSA) is 64.3 Å². The van der Waals surface area contributed by atoms with E-state index in [9.17, 15) is 4.79 Å². The highest BCUT2D eigenvalue weighted by Crippen LogP contribution is 2.32. The number of thioether (sulfide) groups is 1. The highest BCUT2D eigenvalue weighted by molar-refractivity contribution is 7.99. The Morgan fingerprint density at radius 1 is 1.48 bits per heavy atom. The van der Waals surface area contributed by atoms with Gasteiger partial charge in [0, 0.05) is 11.3 Å². The van der Waals surface area contributed by atoms with Gasteiger partial charge in [-0.05, 0) is 44.6 Å². The number of carbonyl (C=O) groups excluding carboxylic acids is 1. The molecule has 0 bridgehead atoms. The minimum absolute atomic E-state index is 0.315. The molecule has 1 saturated carbocycles. The molecule has 0 aliphatic heterocycles. The lowest BCUT2D eigenvalue weighted by Crippen LogP contribution is -2.29. The number of benzene rings is 1. The molecule has 1 aliphatic carbocycles. The largest absolute Gasteiger partial charge is 0.462 e. The van der Waals surface area contributed by atoms with Crippen molar-refractivity contribution in [3.05, 3.63) is 23.8 Å². The number of esters is 1. The number of nitrogen functional groups attached to an aromatic ring is 1. The average molecular weight is 308 g/mol. The number of para-hydroxylation sites is 1. The normalized spacial score (nSPS) is 21.8. The summed E-state index contributed by atoms with van der Waals surface area (Å²) < 4.78 is 5.12. The molecule has 0 radical (unpaired) electrons. The number of hydrogen-bond acceptors (Lipinski definition) is 5. The number of nitrogens with two attached hydrogens (primary N) is 1. The summed E-state index contributed by atoms with van der Waals surface area (Å²) in [5, 5.41) is 4.17. The smallest absolute Gasteiger partial charge is 0.340 e. The second kappa shape index (κ2) is 7.59. The molecule has 3 N–H and O–H groups in total. The molecule has 1 aromatic rings. The predicted octanol–water partition coefficient (Wildman–Crippen LogP) is 3.53. The van der Waals surface area contributed by atoms with E-state index in [1.165, 1.54) is 12.8 Å². The van der Waals surface area contributed by atoms with Crippen molar-refractivity contribution < 1.29 is 9.53 Å². The first-order chi connectivity index (χ1) is 10.2. The van der Waals surface area contributed by atoms with Gasteiger partial charge in [0.25, 0.3) is 0 Å². The van der Waals surface area contributed by atoms with Crippen molar-refractivity contribution in [3.8, 4) is 0 Å². The molecule has 0 saturated heterocycles. The molecule has 2 atom stereocenters. The first-order valence-corrected chi connectivity index (χ1v) is 8.79. The van der Waals surface area contributed by atoms with Gasteiger partial charge >= 0.3 is 5.97 Å². The molecule has 1 aromatic carbocycles. The highest BCUT2D eigenvalue weighted by Gasteiger charge is 2.23. The number of rotatable bonds is 5. The Kier molecular flexibility index (Phi) is 5.79. The van der Waals surface area contributed by atoms with E-state index in [-0.39, 0.29) is 5.97 Å². The van der Waals surface area contributed by atoms with Crippen molar-refractivity contribution in [2.75, 3.05) is 23.9 Å². The van der Waals surface area contributed by atoms with Crippen molar-refractivity contribution in [3.63, 3.8) is 0 Å². The van der Waals surface area contributed by atoms with Crippen LogP contribution < -0.4 is 11.1 Å². The fourth-order valence-electron chi connectivity index (χ4n) is 2.80. The van der Waals surface area contributed by atoms with Gasteiger partial charge < -0.3 is 15.8 Å². The van der Waals surface area contributed by atoms with Crippen molar-refractivity contribution >= 4 is 29.1 Å². The van der Waals surface area contributed by atoms with Gasteiger partial charge in [-0.1, -0.05) is 12.5 Å². The fourth-order valence-corrected chi connectivity index (χ4v) is 3.63. The first kappa shape index (κ1) is 16.0. The summed E-state index contributed by atoms with van der Waals surface area (Å²) in [6.45, 7) is 2.17. The summed E-state index contributed by atoms with van der Waals surface area (Å²) in [6.07, 6.45) is 6.87. The van der Waals surface area contributed by atoms with Gasteiger partial charge in [-0.3, -0.25) is 0 Å². The van der Waals surface area contributed by atoms with E-state index >= 15 is 0 Å². The highest BCUT2D eigenvalue weighted by atomic mass is 32.2. The summed E-state index contributed by atoms with van der Waals surface area (Å²) in [4.78, 5) is 12.1. The Morgan fingerprint density at radius 2 is 2.29 bits per heavy atom. The van der Waals surface area contributed by atoms with Crippen LogP contribution >= 0.6 is 11.8 Å². The van der Waals surface area contributed by atoms with Crippen molar-refractivity contribution in [1.82, 2.24) is 0 Å². The van der Waals surface area contributed by atoms with Gasteiger partial charge in [-0.15, -0.1) is 0 Å². The molecular weight excluding hydrogens is 284 g/mol. The van der Waals surface area contributed by atoms with Crippen LogP contribution in [0.4, 0.5) is 11.4 Å². The summed E-state index contributed by atoms with van der Waals surface area (Å²) in [5.41, 5.74) is 7.92. The molecule has 2 rings (SSSR count). The summed E-state index contributed by atoms with van der Waals surface area (Å²) in [5.74, 6) is -0.315.